The number of amides is 4. The van der Waals surface area contributed by atoms with Crippen LogP contribution in [0.2, 0.25) is 0 Å². The molecule has 3 rings (SSSR count). The molecular formula is C25H29F3N4O3. The van der Waals surface area contributed by atoms with Crippen LogP contribution < -0.4 is 10.6 Å². The van der Waals surface area contributed by atoms with Gasteiger partial charge in [-0.1, -0.05) is 44.2 Å². The van der Waals surface area contributed by atoms with Gasteiger partial charge in [-0.3, -0.25) is 14.5 Å². The molecule has 4 amide bonds. The van der Waals surface area contributed by atoms with Gasteiger partial charge in [-0.2, -0.15) is 13.2 Å². The highest BCUT2D eigenvalue weighted by atomic mass is 19.4. The fourth-order valence-corrected chi connectivity index (χ4v) is 4.44. The van der Waals surface area contributed by atoms with E-state index in [9.17, 15) is 27.6 Å². The van der Waals surface area contributed by atoms with Crippen LogP contribution in [0.5, 0.6) is 0 Å². The Morgan fingerprint density at radius 1 is 1.23 bits per heavy atom. The van der Waals surface area contributed by atoms with E-state index in [4.69, 9.17) is 0 Å². The van der Waals surface area contributed by atoms with Crippen LogP contribution in [0.4, 0.5) is 18.0 Å². The van der Waals surface area contributed by atoms with Crippen molar-refractivity contribution in [3.8, 4) is 0 Å². The zero-order valence-corrected chi connectivity index (χ0v) is 19.7. The zero-order valence-electron chi connectivity index (χ0n) is 19.7. The number of carbonyl (C=O) groups excluding carboxylic acids is 3. The van der Waals surface area contributed by atoms with Gasteiger partial charge in [-0.25, -0.2) is 4.79 Å². The van der Waals surface area contributed by atoms with Crippen LogP contribution in [-0.4, -0.2) is 53.3 Å². The molecule has 2 N–H and O–H groups in total. The third-order valence-corrected chi connectivity index (χ3v) is 5.93. The maximum absolute atomic E-state index is 13.8. The molecule has 2 aliphatic heterocycles. The molecule has 0 bridgehead atoms. The highest BCUT2D eigenvalue weighted by Gasteiger charge is 2.48. The third-order valence-electron chi connectivity index (χ3n) is 5.93. The van der Waals surface area contributed by atoms with Crippen LogP contribution >= 0.6 is 0 Å². The highest BCUT2D eigenvalue weighted by Crippen LogP contribution is 2.42. The van der Waals surface area contributed by atoms with Crippen LogP contribution in [-0.2, 0) is 15.8 Å². The first-order chi connectivity index (χ1) is 16.5. The van der Waals surface area contributed by atoms with Crippen molar-refractivity contribution < 1.29 is 27.6 Å². The Morgan fingerprint density at radius 2 is 1.91 bits per heavy atom. The van der Waals surface area contributed by atoms with Gasteiger partial charge in [-0.05, 0) is 24.0 Å². The topological polar surface area (TPSA) is 81.8 Å². The van der Waals surface area contributed by atoms with Crippen LogP contribution in [0.15, 0.2) is 60.8 Å². The molecule has 1 aromatic carbocycles. The number of halogens is 3. The van der Waals surface area contributed by atoms with Gasteiger partial charge in [-0.15, -0.1) is 13.2 Å². The van der Waals surface area contributed by atoms with Crippen LogP contribution in [0.3, 0.4) is 0 Å². The summed E-state index contributed by atoms with van der Waals surface area (Å²) in [7, 11) is 0. The lowest BCUT2D eigenvalue weighted by molar-refractivity contribution is -0.139. The first-order valence-corrected chi connectivity index (χ1v) is 11.3. The predicted octanol–water partition coefficient (Wildman–Crippen LogP) is 3.77. The van der Waals surface area contributed by atoms with Gasteiger partial charge in [0.05, 0.1) is 29.4 Å². The summed E-state index contributed by atoms with van der Waals surface area (Å²) < 4.78 is 41.4. The average Bonchev–Trinajstić information content (AvgIpc) is 3.13. The molecule has 0 unspecified atom stereocenters. The van der Waals surface area contributed by atoms with Gasteiger partial charge >= 0.3 is 12.2 Å². The Labute approximate surface area is 202 Å². The van der Waals surface area contributed by atoms with Gasteiger partial charge in [0.1, 0.15) is 6.04 Å². The monoisotopic (exact) mass is 490 g/mol. The van der Waals surface area contributed by atoms with Crippen molar-refractivity contribution in [1.82, 2.24) is 20.4 Å². The second-order valence-electron chi connectivity index (χ2n) is 8.84. The van der Waals surface area contributed by atoms with Crippen molar-refractivity contribution in [1.29, 1.82) is 0 Å². The molecule has 2 atom stereocenters. The molecule has 2 heterocycles. The number of nitrogens with one attached hydrogen (secondary N) is 2. The van der Waals surface area contributed by atoms with Gasteiger partial charge < -0.3 is 15.5 Å². The summed E-state index contributed by atoms with van der Waals surface area (Å²) in [6.45, 7) is 11.2. The molecule has 35 heavy (non-hydrogen) atoms. The summed E-state index contributed by atoms with van der Waals surface area (Å²) in [6, 6.07) is 2.02. The summed E-state index contributed by atoms with van der Waals surface area (Å²) in [6.07, 6.45) is -1.38. The lowest BCUT2D eigenvalue weighted by Gasteiger charge is -2.33. The Bertz CT molecular complexity index is 1060. The predicted molar refractivity (Wildman–Crippen MR) is 125 cm³/mol. The molecule has 2 aliphatic rings. The number of benzene rings is 1. The Hall–Kier alpha value is -3.56. The highest BCUT2D eigenvalue weighted by molar-refractivity contribution is 6.03. The van der Waals surface area contributed by atoms with E-state index in [1.54, 1.807) is 0 Å². The average molecular weight is 491 g/mol. The molecule has 0 saturated heterocycles. The standard InChI is InChI=1S/C25H29F3N4O3/c1-5-11-29-22(33)18(13-15(3)4)32-14-19-20(23(32)34)21(30-24(35)31(19)12-6-2)16-9-7-8-10-17(16)25(26,27)28/h5-10,15,18,21H,1-2,11-14H2,3-4H3,(H,29,33)(H,30,35)/t18-,21+/m1/s1. The molecule has 10 heteroatoms. The van der Waals surface area contributed by atoms with Crippen molar-refractivity contribution in [3.05, 3.63) is 72.0 Å². The lowest BCUT2D eigenvalue weighted by Crippen LogP contribution is -2.49. The quantitative estimate of drug-likeness (QED) is 0.517. The maximum atomic E-state index is 13.8. The molecule has 0 aliphatic carbocycles. The molecule has 0 aromatic heterocycles. The molecule has 1 aromatic rings. The minimum Gasteiger partial charge on any atom is -0.351 e. The molecular weight excluding hydrogens is 461 g/mol. The smallest absolute Gasteiger partial charge is 0.351 e. The van der Waals surface area contributed by atoms with Gasteiger partial charge in [0.15, 0.2) is 0 Å². The van der Waals surface area contributed by atoms with Crippen molar-refractivity contribution >= 4 is 17.8 Å². The number of rotatable bonds is 9. The SMILES string of the molecule is C=CCNC(=O)[C@@H](CC(C)C)N1CC2=C(C1=O)[C@H](c1ccccc1C(F)(F)F)NC(=O)N2CC=C. The maximum Gasteiger partial charge on any atom is 0.416 e. The van der Waals surface area contributed by atoms with Gasteiger partial charge in [0, 0.05) is 13.1 Å². The van der Waals surface area contributed by atoms with Crippen molar-refractivity contribution in [2.45, 2.75) is 38.5 Å². The molecule has 0 spiro atoms. The summed E-state index contributed by atoms with van der Waals surface area (Å²) >= 11 is 0. The van der Waals surface area contributed by atoms with Crippen LogP contribution in [0, 0.1) is 5.92 Å². The van der Waals surface area contributed by atoms with Crippen molar-refractivity contribution in [2.24, 2.45) is 5.92 Å². The Balaban J connectivity index is 2.10. The van der Waals surface area contributed by atoms with E-state index >= 15 is 0 Å². The number of alkyl halides is 3. The zero-order chi connectivity index (χ0) is 25.9. The third kappa shape index (κ3) is 5.26. The van der Waals surface area contributed by atoms with Crippen molar-refractivity contribution in [2.75, 3.05) is 19.6 Å². The van der Waals surface area contributed by atoms with Crippen LogP contribution in [0.1, 0.15) is 37.4 Å². The second kappa shape index (κ2) is 10.4. The van der Waals surface area contributed by atoms with E-state index < -0.39 is 41.7 Å². The first-order valence-electron chi connectivity index (χ1n) is 11.3. The summed E-state index contributed by atoms with van der Waals surface area (Å²) in [4.78, 5) is 42.2. The van der Waals surface area contributed by atoms with E-state index in [1.165, 1.54) is 40.2 Å². The molecule has 7 nitrogen and oxygen atoms in total. The summed E-state index contributed by atoms with van der Waals surface area (Å²) in [5.74, 6) is -0.935. The first kappa shape index (κ1) is 26.1. The summed E-state index contributed by atoms with van der Waals surface area (Å²) in [5, 5.41) is 5.27. The minimum absolute atomic E-state index is 0.0217. The van der Waals surface area contributed by atoms with E-state index in [0.29, 0.717) is 6.42 Å². The van der Waals surface area contributed by atoms with Crippen LogP contribution in [0.25, 0.3) is 0 Å². The van der Waals surface area contributed by atoms with E-state index in [1.807, 2.05) is 13.8 Å². The number of hydrogen-bond acceptors (Lipinski definition) is 3. The minimum atomic E-state index is -4.69. The van der Waals surface area contributed by atoms with Gasteiger partial charge in [0.25, 0.3) is 5.91 Å². The lowest BCUT2D eigenvalue weighted by atomic mass is 9.91. The van der Waals surface area contributed by atoms with E-state index in [-0.39, 0.29) is 42.4 Å². The van der Waals surface area contributed by atoms with E-state index in [0.717, 1.165) is 6.07 Å². The van der Waals surface area contributed by atoms with Gasteiger partial charge in [0.2, 0.25) is 5.91 Å². The largest absolute Gasteiger partial charge is 0.416 e. The number of nitrogens with zero attached hydrogens (tertiary/aromatic N) is 2. The number of hydrogen-bond donors (Lipinski definition) is 2. The van der Waals surface area contributed by atoms with E-state index in [2.05, 4.69) is 23.8 Å². The fraction of sp³-hybridized carbons (Fsp3) is 0.400. The molecule has 188 valence electrons. The number of carbonyl (C=O) groups is 3. The fourth-order valence-electron chi connectivity index (χ4n) is 4.44. The Kier molecular flexibility index (Phi) is 7.72. The second-order valence-corrected chi connectivity index (χ2v) is 8.84. The molecule has 0 saturated carbocycles. The molecule has 0 radical (unpaired) electrons. The molecule has 0 fully saturated rings. The summed E-state index contributed by atoms with van der Waals surface area (Å²) in [5.41, 5.74) is -0.881. The Morgan fingerprint density at radius 3 is 2.51 bits per heavy atom. The van der Waals surface area contributed by atoms with Crippen molar-refractivity contribution in [3.63, 3.8) is 0 Å². The number of urea groups is 1. The normalized spacial score (nSPS) is 19.0.